The summed E-state index contributed by atoms with van der Waals surface area (Å²) in [5.74, 6) is -0.502. The summed E-state index contributed by atoms with van der Waals surface area (Å²) in [4.78, 5) is 31.4. The van der Waals surface area contributed by atoms with Crippen molar-refractivity contribution in [1.82, 2.24) is 14.6 Å². The van der Waals surface area contributed by atoms with Crippen molar-refractivity contribution >= 4 is 73.2 Å². The molecule has 8 rings (SSSR count). The minimum Gasteiger partial charge on any atom is -0.489 e. The lowest BCUT2D eigenvalue weighted by Gasteiger charge is -2.36. The lowest BCUT2D eigenvalue weighted by molar-refractivity contribution is -0.142. The number of amides is 1. The van der Waals surface area contributed by atoms with E-state index in [-0.39, 0.29) is 35.9 Å². The van der Waals surface area contributed by atoms with Crippen molar-refractivity contribution < 1.29 is 37.3 Å². The zero-order valence-corrected chi connectivity index (χ0v) is 37.8. The van der Waals surface area contributed by atoms with E-state index in [2.05, 4.69) is 15.6 Å². The summed E-state index contributed by atoms with van der Waals surface area (Å²) in [5, 5.41) is 18.0. The molecule has 1 aromatic heterocycles. The topological polar surface area (TPSA) is 156 Å². The third-order valence-electron chi connectivity index (χ3n) is 10.8. The summed E-state index contributed by atoms with van der Waals surface area (Å²) in [5.41, 5.74) is 5.79. The SMILES string of the molecule is CCNc1nc(C)c(S(=O)(=O)N2Cc3cc4c(cc3CC2C(=O)N[C@@H](Cc2ccc(-c3ccc(Cl)cc3)cc2)C(=O)O)OC[C@H](c2ccc(OCc3ccc(Cl)c(Cl)c3)cc2)O4)s1. The highest BCUT2D eigenvalue weighted by atomic mass is 35.5. The van der Waals surface area contributed by atoms with E-state index in [0.717, 1.165) is 37.9 Å². The van der Waals surface area contributed by atoms with Crippen LogP contribution in [0, 0.1) is 6.92 Å². The Bertz CT molecular complexity index is 2770. The molecule has 0 bridgehead atoms. The van der Waals surface area contributed by atoms with Gasteiger partial charge in [-0.15, -0.1) is 0 Å². The molecule has 12 nitrogen and oxygen atoms in total. The van der Waals surface area contributed by atoms with E-state index in [0.29, 0.717) is 67.3 Å². The average Bonchev–Trinajstić information content (AvgIpc) is 3.66. The number of carboxylic acids is 1. The molecule has 3 heterocycles. The van der Waals surface area contributed by atoms with Crippen LogP contribution in [0.2, 0.25) is 15.1 Å². The average molecular weight is 948 g/mol. The van der Waals surface area contributed by atoms with E-state index in [1.165, 1.54) is 0 Å². The Balaban J connectivity index is 1.02. The lowest BCUT2D eigenvalue weighted by atomic mass is 9.94. The highest BCUT2D eigenvalue weighted by Crippen LogP contribution is 2.42. The number of thiazole rings is 1. The number of hydrogen-bond donors (Lipinski definition) is 3. The van der Waals surface area contributed by atoms with E-state index in [1.807, 2.05) is 61.5 Å². The van der Waals surface area contributed by atoms with Gasteiger partial charge in [-0.2, -0.15) is 4.31 Å². The van der Waals surface area contributed by atoms with Crippen LogP contribution < -0.4 is 24.8 Å². The number of nitrogens with zero attached hydrogens (tertiary/aromatic N) is 2. The number of benzene rings is 5. The van der Waals surface area contributed by atoms with Gasteiger partial charge in [-0.3, -0.25) is 4.79 Å². The number of aryl methyl sites for hydroxylation is 1. The molecule has 1 amide bonds. The number of rotatable bonds is 14. The molecule has 0 fully saturated rings. The summed E-state index contributed by atoms with van der Waals surface area (Å²) >= 11 is 19.2. The first-order valence-corrected chi connectivity index (χ1v) is 23.4. The smallest absolute Gasteiger partial charge is 0.326 e. The fraction of sp³-hybridized carbons (Fsp3) is 0.239. The lowest BCUT2D eigenvalue weighted by Crippen LogP contribution is -2.55. The number of anilines is 1. The van der Waals surface area contributed by atoms with Gasteiger partial charge in [0.1, 0.15) is 31.0 Å². The van der Waals surface area contributed by atoms with E-state index >= 15 is 0 Å². The van der Waals surface area contributed by atoms with Crippen LogP contribution in [-0.4, -0.2) is 59.9 Å². The maximum absolute atomic E-state index is 14.6. The van der Waals surface area contributed by atoms with Crippen LogP contribution in [0.5, 0.6) is 17.2 Å². The first-order valence-electron chi connectivity index (χ1n) is 20.0. The molecule has 0 saturated heterocycles. The predicted molar refractivity (Wildman–Crippen MR) is 244 cm³/mol. The van der Waals surface area contributed by atoms with Gasteiger partial charge in [0.05, 0.1) is 15.7 Å². The van der Waals surface area contributed by atoms with Crippen molar-refractivity contribution in [3.8, 4) is 28.4 Å². The number of sulfonamides is 1. The Morgan fingerprint density at radius 2 is 1.59 bits per heavy atom. The van der Waals surface area contributed by atoms with Gasteiger partial charge in [0.15, 0.2) is 26.9 Å². The number of halogens is 3. The minimum atomic E-state index is -4.35. The first kappa shape index (κ1) is 44.3. The molecule has 2 aliphatic heterocycles. The van der Waals surface area contributed by atoms with Crippen LogP contribution in [0.15, 0.2) is 107 Å². The van der Waals surface area contributed by atoms with Gasteiger partial charge in [0.2, 0.25) is 5.91 Å². The van der Waals surface area contributed by atoms with Gasteiger partial charge < -0.3 is 30.0 Å². The minimum absolute atomic E-state index is 0.0164. The normalized spacial score (nSPS) is 16.5. The predicted octanol–water partition coefficient (Wildman–Crippen LogP) is 9.53. The van der Waals surface area contributed by atoms with Gasteiger partial charge in [-0.25, -0.2) is 18.2 Å². The highest BCUT2D eigenvalue weighted by Gasteiger charge is 2.43. The van der Waals surface area contributed by atoms with Gasteiger partial charge in [0.25, 0.3) is 10.0 Å². The molecule has 3 atom stereocenters. The largest absolute Gasteiger partial charge is 0.489 e. The maximum Gasteiger partial charge on any atom is 0.326 e. The van der Waals surface area contributed by atoms with Gasteiger partial charge in [-0.05, 0) is 108 Å². The molecular weight excluding hydrogens is 907 g/mol. The van der Waals surface area contributed by atoms with E-state index in [4.69, 9.17) is 49.0 Å². The Morgan fingerprint density at radius 3 is 2.27 bits per heavy atom. The van der Waals surface area contributed by atoms with E-state index in [1.54, 1.807) is 55.5 Å². The number of hydrogen-bond acceptors (Lipinski definition) is 10. The third-order valence-corrected chi connectivity index (χ3v) is 15.3. The van der Waals surface area contributed by atoms with Crippen molar-refractivity contribution in [1.29, 1.82) is 0 Å². The van der Waals surface area contributed by atoms with Crippen molar-refractivity contribution in [2.24, 2.45) is 0 Å². The summed E-state index contributed by atoms with van der Waals surface area (Å²) in [7, 11) is -4.35. The van der Waals surface area contributed by atoms with Gasteiger partial charge >= 0.3 is 5.97 Å². The quantitative estimate of drug-likeness (QED) is 0.0962. The molecule has 0 aliphatic carbocycles. The standard InChI is InChI=1S/C46H41Cl3N4O8S2/c1-3-50-46-51-26(2)45(62-46)63(57,58)53-23-33-22-41-40(60-25-42(61-41)31-11-15-35(16-12-31)59-24-28-6-17-36(48)37(49)18-28)21-32(33)20-39(53)43(54)52-38(44(55)56)19-27-4-7-29(8-5-27)30-9-13-34(47)14-10-30/h4-18,21-22,38-39,42H,3,19-20,23-25H2,1-2H3,(H,50,51)(H,52,54)(H,55,56)/t38-,39?,42+/m0/s1. The van der Waals surface area contributed by atoms with Crippen LogP contribution in [0.25, 0.3) is 11.1 Å². The summed E-state index contributed by atoms with van der Waals surface area (Å²) in [6.45, 7) is 4.31. The molecule has 17 heteroatoms. The molecular formula is C46H41Cl3N4O8S2. The number of carboxylic acid groups (broad SMARTS) is 1. The number of carbonyl (C=O) groups excluding carboxylic acids is 1. The molecule has 1 unspecified atom stereocenters. The van der Waals surface area contributed by atoms with Gasteiger partial charge in [0, 0.05) is 24.5 Å². The molecule has 5 aromatic carbocycles. The second-order valence-corrected chi connectivity index (χ2v) is 19.4. The number of fused-ring (bicyclic) bond motifs is 2. The van der Waals surface area contributed by atoms with Crippen LogP contribution in [-0.2, 0) is 45.6 Å². The third kappa shape index (κ3) is 9.91. The molecule has 6 aromatic rings. The zero-order chi connectivity index (χ0) is 44.4. The zero-order valence-electron chi connectivity index (χ0n) is 33.9. The highest BCUT2D eigenvalue weighted by molar-refractivity contribution is 7.91. The van der Waals surface area contributed by atoms with E-state index in [9.17, 15) is 23.1 Å². The number of carbonyl (C=O) groups is 2. The Labute approximate surface area is 383 Å². The van der Waals surface area contributed by atoms with E-state index < -0.39 is 40.1 Å². The second kappa shape index (κ2) is 18.8. The van der Waals surface area contributed by atoms with Crippen LogP contribution in [0.1, 0.15) is 46.5 Å². The van der Waals surface area contributed by atoms with Crippen molar-refractivity contribution in [3.63, 3.8) is 0 Å². The molecule has 0 spiro atoms. The van der Waals surface area contributed by atoms with Crippen molar-refractivity contribution in [2.75, 3.05) is 18.5 Å². The number of aromatic nitrogens is 1. The molecule has 63 heavy (non-hydrogen) atoms. The summed E-state index contributed by atoms with van der Waals surface area (Å²) < 4.78 is 49.0. The Hall–Kier alpha value is -5.35. The molecule has 3 N–H and O–H groups in total. The summed E-state index contributed by atoms with van der Waals surface area (Å²) in [6, 6.07) is 28.3. The molecule has 0 saturated carbocycles. The number of nitrogens with one attached hydrogen (secondary N) is 2. The van der Waals surface area contributed by atoms with Crippen LogP contribution >= 0.6 is 46.1 Å². The van der Waals surface area contributed by atoms with Crippen LogP contribution in [0.3, 0.4) is 0 Å². The number of aliphatic carboxylic acids is 1. The number of ether oxygens (including phenoxy) is 3. The maximum atomic E-state index is 14.6. The molecule has 2 aliphatic rings. The van der Waals surface area contributed by atoms with Crippen LogP contribution in [0.4, 0.5) is 5.13 Å². The molecule has 326 valence electrons. The Morgan fingerprint density at radius 1 is 0.905 bits per heavy atom. The summed E-state index contributed by atoms with van der Waals surface area (Å²) in [6.07, 6.45) is -0.566. The fourth-order valence-corrected chi connectivity index (χ4v) is 11.1. The first-order chi connectivity index (χ1) is 30.2. The molecule has 0 radical (unpaired) electrons. The Kier molecular flexibility index (Phi) is 13.2. The fourth-order valence-electron chi connectivity index (χ4n) is 7.48. The second-order valence-electron chi connectivity index (χ2n) is 15.1. The monoisotopic (exact) mass is 946 g/mol. The van der Waals surface area contributed by atoms with Gasteiger partial charge in [-0.1, -0.05) is 101 Å². The van der Waals surface area contributed by atoms with Crippen molar-refractivity contribution in [2.45, 2.75) is 62.2 Å². The van der Waals surface area contributed by atoms with Crippen molar-refractivity contribution in [3.05, 3.63) is 152 Å².